The van der Waals surface area contributed by atoms with Gasteiger partial charge in [0.05, 0.1) is 21.2 Å². The van der Waals surface area contributed by atoms with Gasteiger partial charge in [0.25, 0.3) is 40.5 Å². The molecular weight excluding hydrogens is 793 g/mol. The Labute approximate surface area is 305 Å². The van der Waals surface area contributed by atoms with E-state index in [-0.39, 0.29) is 32.9 Å². The van der Waals surface area contributed by atoms with Gasteiger partial charge in [-0.05, 0) is 82.6 Å². The summed E-state index contributed by atoms with van der Waals surface area (Å²) in [7, 11) is -19.9. The van der Waals surface area contributed by atoms with Gasteiger partial charge in [0.2, 0.25) is 0 Å². The number of phenols is 2. The Morgan fingerprint density at radius 2 is 0.722 bits per heavy atom. The molecule has 0 aliphatic carbocycles. The van der Waals surface area contributed by atoms with E-state index in [0.29, 0.717) is 23.3 Å². The van der Waals surface area contributed by atoms with Crippen LogP contribution in [0.3, 0.4) is 0 Å². The van der Waals surface area contributed by atoms with Gasteiger partial charge in [0.15, 0.2) is 0 Å². The van der Waals surface area contributed by atoms with E-state index in [4.69, 9.17) is 0 Å². The molecule has 18 nitrogen and oxygen atoms in total. The molecule has 0 aliphatic heterocycles. The third-order valence-electron chi connectivity index (χ3n) is 7.76. The quantitative estimate of drug-likeness (QED) is 0.0640. The fourth-order valence-corrected chi connectivity index (χ4v) is 8.04. The zero-order valence-electron chi connectivity index (χ0n) is 26.6. The minimum absolute atomic E-state index is 0.103. The van der Waals surface area contributed by atoms with Crippen LogP contribution in [0.25, 0.3) is 32.7 Å². The topological polar surface area (TPSA) is 307 Å². The fraction of sp³-hybridized carbons (Fsp3) is 0. The van der Waals surface area contributed by atoms with Crippen molar-refractivity contribution in [2.75, 3.05) is 0 Å². The minimum Gasteiger partial charge on any atom is -0.506 e. The summed E-state index contributed by atoms with van der Waals surface area (Å²) in [5, 5.41) is 36.0. The Bertz CT molecular complexity index is 2840. The van der Waals surface area contributed by atoms with Crippen LogP contribution in [0, 0.1) is 0 Å². The predicted octanol–water partition coefficient (Wildman–Crippen LogP) is 6.89. The molecule has 22 heteroatoms. The van der Waals surface area contributed by atoms with Crippen molar-refractivity contribution in [3.8, 4) is 22.6 Å². The molecule has 0 spiro atoms. The molecule has 0 atom stereocenters. The minimum atomic E-state index is -5.08. The van der Waals surface area contributed by atoms with E-state index in [2.05, 4.69) is 20.5 Å². The van der Waals surface area contributed by atoms with Crippen molar-refractivity contribution in [2.24, 2.45) is 20.5 Å². The van der Waals surface area contributed by atoms with Crippen LogP contribution in [-0.4, -0.2) is 62.1 Å². The summed E-state index contributed by atoms with van der Waals surface area (Å²) in [6.07, 6.45) is 0. The fourth-order valence-electron chi connectivity index (χ4n) is 5.31. The van der Waals surface area contributed by atoms with Gasteiger partial charge in [0.1, 0.15) is 32.7 Å². The molecule has 0 aromatic heterocycles. The van der Waals surface area contributed by atoms with Crippen LogP contribution in [0.5, 0.6) is 11.5 Å². The molecule has 0 radical (unpaired) electrons. The van der Waals surface area contributed by atoms with Gasteiger partial charge >= 0.3 is 0 Å². The van der Waals surface area contributed by atoms with Gasteiger partial charge in [-0.15, -0.1) is 10.2 Å². The first-order chi connectivity index (χ1) is 25.1. The Kier molecular flexibility index (Phi) is 9.58. The largest absolute Gasteiger partial charge is 0.506 e. The summed E-state index contributed by atoms with van der Waals surface area (Å²) in [5.41, 5.74) is 0.958. The van der Waals surface area contributed by atoms with Crippen molar-refractivity contribution < 1.29 is 62.1 Å². The maximum atomic E-state index is 12.2. The normalized spacial score (nSPS) is 13.0. The highest BCUT2D eigenvalue weighted by Crippen LogP contribution is 2.42. The average molecular weight is 815 g/mol. The lowest BCUT2D eigenvalue weighted by molar-refractivity contribution is 0.475. The smallest absolute Gasteiger partial charge is 0.295 e. The van der Waals surface area contributed by atoms with Gasteiger partial charge in [-0.2, -0.15) is 43.9 Å². The molecule has 0 bridgehead atoms. The summed E-state index contributed by atoms with van der Waals surface area (Å²) >= 11 is 0. The molecule has 54 heavy (non-hydrogen) atoms. The number of benzene rings is 6. The van der Waals surface area contributed by atoms with Crippen molar-refractivity contribution >= 4 is 84.8 Å². The second kappa shape index (κ2) is 13.6. The number of aromatic hydroxyl groups is 2. The van der Waals surface area contributed by atoms with E-state index in [9.17, 15) is 62.1 Å². The molecule has 0 aliphatic rings. The molecule has 0 unspecified atom stereocenters. The zero-order chi connectivity index (χ0) is 39.4. The average Bonchev–Trinajstić information content (AvgIpc) is 3.08. The van der Waals surface area contributed by atoms with Crippen molar-refractivity contribution in [3.63, 3.8) is 0 Å². The summed E-state index contributed by atoms with van der Waals surface area (Å²) in [6, 6.07) is 20.1. The van der Waals surface area contributed by atoms with E-state index >= 15 is 0 Å². The van der Waals surface area contributed by atoms with Gasteiger partial charge in [-0.1, -0.05) is 36.4 Å². The van der Waals surface area contributed by atoms with Crippen molar-refractivity contribution in [1.82, 2.24) is 0 Å². The molecule has 0 saturated heterocycles. The van der Waals surface area contributed by atoms with Gasteiger partial charge < -0.3 is 10.2 Å². The highest BCUT2D eigenvalue weighted by atomic mass is 32.2. The second-order valence-corrected chi connectivity index (χ2v) is 16.9. The van der Waals surface area contributed by atoms with Gasteiger partial charge in [-0.3, -0.25) is 18.2 Å². The van der Waals surface area contributed by atoms with Crippen molar-refractivity contribution in [3.05, 3.63) is 97.1 Å². The first-order valence-corrected chi connectivity index (χ1v) is 20.4. The van der Waals surface area contributed by atoms with E-state index in [1.807, 2.05) is 0 Å². The lowest BCUT2D eigenvalue weighted by atomic mass is 10.1. The molecular formula is C32H22N4O14S4. The third-order valence-corrected chi connectivity index (χ3v) is 11.2. The Balaban J connectivity index is 1.29. The molecule has 0 amide bonds. The van der Waals surface area contributed by atoms with E-state index in [1.165, 1.54) is 24.3 Å². The number of fused-ring (bicyclic) bond motifs is 2. The number of phenolic OH excluding ortho intramolecular Hbond substituents is 2. The van der Waals surface area contributed by atoms with Crippen LogP contribution in [0.4, 0.5) is 22.7 Å². The summed E-state index contributed by atoms with van der Waals surface area (Å²) < 4.78 is 134. The molecule has 6 rings (SSSR count). The van der Waals surface area contributed by atoms with E-state index in [0.717, 1.165) is 36.4 Å². The van der Waals surface area contributed by atoms with Crippen LogP contribution in [0.15, 0.2) is 137 Å². The van der Waals surface area contributed by atoms with Crippen LogP contribution in [0.2, 0.25) is 0 Å². The van der Waals surface area contributed by atoms with Crippen LogP contribution < -0.4 is 0 Å². The third kappa shape index (κ3) is 7.80. The molecule has 0 heterocycles. The number of hydrogen-bond acceptors (Lipinski definition) is 14. The number of nitrogens with zero attached hydrogens (tertiary/aromatic N) is 4. The van der Waals surface area contributed by atoms with Crippen LogP contribution in [-0.2, 0) is 40.5 Å². The standard InChI is InChI=1S/C32H22N4O14S4/c37-25-11-5-19-13-23(51(39,40)41)15-27(53(45,46)47)29(19)31(25)35-33-21-7-1-17(2-8-21)18-3-9-22(10-4-18)34-36-32-26(38)12-6-20-14-24(52(42,43)44)16-28(30(20)32)54(48,49)50/h1-16,37-38H,(H,39,40,41)(H,42,43,44)(H,45,46,47)(H,48,49,50). The molecule has 278 valence electrons. The summed E-state index contributed by atoms with van der Waals surface area (Å²) in [4.78, 5) is -3.52. The lowest BCUT2D eigenvalue weighted by Gasteiger charge is -2.10. The predicted molar refractivity (Wildman–Crippen MR) is 191 cm³/mol. The zero-order valence-corrected chi connectivity index (χ0v) is 29.9. The molecule has 6 aromatic carbocycles. The van der Waals surface area contributed by atoms with Gasteiger partial charge in [0, 0.05) is 10.8 Å². The van der Waals surface area contributed by atoms with Crippen molar-refractivity contribution in [2.45, 2.75) is 19.6 Å². The van der Waals surface area contributed by atoms with Crippen LogP contribution >= 0.6 is 0 Å². The Morgan fingerprint density at radius 1 is 0.389 bits per heavy atom. The molecule has 6 N–H and O–H groups in total. The first-order valence-electron chi connectivity index (χ1n) is 14.6. The molecule has 6 aromatic rings. The van der Waals surface area contributed by atoms with Crippen LogP contribution in [0.1, 0.15) is 0 Å². The van der Waals surface area contributed by atoms with E-state index < -0.39 is 82.9 Å². The second-order valence-electron chi connectivity index (χ2n) is 11.3. The molecule has 0 saturated carbocycles. The highest BCUT2D eigenvalue weighted by Gasteiger charge is 2.25. The summed E-state index contributed by atoms with van der Waals surface area (Å²) in [6.45, 7) is 0. The number of hydrogen-bond donors (Lipinski definition) is 6. The number of azo groups is 2. The Morgan fingerprint density at radius 3 is 1.02 bits per heavy atom. The lowest BCUT2D eigenvalue weighted by Crippen LogP contribution is -2.04. The Hall–Kier alpha value is -5.72. The highest BCUT2D eigenvalue weighted by molar-refractivity contribution is 7.87. The van der Waals surface area contributed by atoms with Gasteiger partial charge in [-0.25, -0.2) is 0 Å². The maximum Gasteiger partial charge on any atom is 0.295 e. The SMILES string of the molecule is O=S(=O)(O)c1cc(S(=O)(=O)O)c2c(N=Nc3ccc(-c4ccc(N=Nc5c(O)ccc6cc(S(=O)(=O)O)cc(S(=O)(=O)O)c56)cc4)cc3)c(O)ccc2c1. The number of rotatable bonds is 9. The summed E-state index contributed by atoms with van der Waals surface area (Å²) in [5.74, 6) is -1.10. The van der Waals surface area contributed by atoms with E-state index in [1.54, 1.807) is 24.3 Å². The molecule has 0 fully saturated rings. The maximum absolute atomic E-state index is 12.2. The first kappa shape index (κ1) is 38.0. The van der Waals surface area contributed by atoms with Crippen molar-refractivity contribution in [1.29, 1.82) is 0 Å². The monoisotopic (exact) mass is 814 g/mol.